The Morgan fingerprint density at radius 2 is 2.11 bits per heavy atom. The number of rotatable bonds is 5. The number of aryl methyl sites for hydroxylation is 1. The number of nitrogens with one attached hydrogen (secondary N) is 1. The molecule has 8 heteroatoms. The molecule has 2 saturated heterocycles. The predicted octanol–water partition coefficient (Wildman–Crippen LogP) is 1.26. The molecule has 0 aliphatic carbocycles. The zero-order valence-electron chi connectivity index (χ0n) is 15.4. The number of carbonyl (C=O) groups is 2. The van der Waals surface area contributed by atoms with Crippen molar-refractivity contribution in [3.63, 3.8) is 0 Å². The Morgan fingerprint density at radius 1 is 1.30 bits per heavy atom. The van der Waals surface area contributed by atoms with Crippen LogP contribution in [0.2, 0.25) is 0 Å². The van der Waals surface area contributed by atoms with Crippen molar-refractivity contribution in [2.45, 2.75) is 13.3 Å². The number of hydrogen-bond acceptors (Lipinski definition) is 6. The lowest BCUT2D eigenvalue weighted by atomic mass is 10.1. The van der Waals surface area contributed by atoms with Gasteiger partial charge in [0.2, 0.25) is 11.8 Å². The molecule has 2 amide bonds. The minimum atomic E-state index is -0.325. The van der Waals surface area contributed by atoms with Crippen LogP contribution in [0, 0.1) is 12.8 Å². The summed E-state index contributed by atoms with van der Waals surface area (Å²) in [5, 5.41) is 2.90. The van der Waals surface area contributed by atoms with E-state index in [0.29, 0.717) is 30.3 Å². The fraction of sp³-hybridized carbons (Fsp3) is 0.526. The average Bonchev–Trinajstić information content (AvgIpc) is 3.22. The molecule has 2 aliphatic heterocycles. The molecule has 1 aromatic heterocycles. The molecule has 2 aromatic rings. The van der Waals surface area contributed by atoms with Crippen molar-refractivity contribution in [3.05, 3.63) is 24.1 Å². The van der Waals surface area contributed by atoms with E-state index >= 15 is 0 Å². The number of anilines is 1. The lowest BCUT2D eigenvalue weighted by molar-refractivity contribution is -0.128. The highest BCUT2D eigenvalue weighted by Crippen LogP contribution is 2.23. The standard InChI is InChI=1S/C19H24N4O4/c1-13-20-16-3-2-15(11-17(16)27-13)21-19(25)14-10-18(24)23(12-14)5-4-22-6-8-26-9-7-22/h2-3,11,14H,4-10,12H2,1H3,(H,21,25). The quantitative estimate of drug-likeness (QED) is 0.850. The first-order chi connectivity index (χ1) is 13.1. The van der Waals surface area contributed by atoms with E-state index in [2.05, 4.69) is 15.2 Å². The maximum absolute atomic E-state index is 12.6. The van der Waals surface area contributed by atoms with E-state index in [4.69, 9.17) is 9.15 Å². The van der Waals surface area contributed by atoms with Crippen molar-refractivity contribution >= 4 is 28.6 Å². The summed E-state index contributed by atoms with van der Waals surface area (Å²) in [7, 11) is 0. The van der Waals surface area contributed by atoms with Crippen molar-refractivity contribution < 1.29 is 18.7 Å². The fourth-order valence-electron chi connectivity index (χ4n) is 3.61. The summed E-state index contributed by atoms with van der Waals surface area (Å²) < 4.78 is 10.8. The molecule has 4 rings (SSSR count). The Bertz CT molecular complexity index is 843. The maximum Gasteiger partial charge on any atom is 0.229 e. The van der Waals surface area contributed by atoms with Crippen LogP contribution in [-0.2, 0) is 14.3 Å². The third-order valence-corrected chi connectivity index (χ3v) is 5.14. The first-order valence-corrected chi connectivity index (χ1v) is 9.34. The molecular formula is C19H24N4O4. The van der Waals surface area contributed by atoms with Gasteiger partial charge in [-0.1, -0.05) is 0 Å². The van der Waals surface area contributed by atoms with E-state index in [0.717, 1.165) is 38.4 Å². The van der Waals surface area contributed by atoms with Crippen LogP contribution in [0.4, 0.5) is 5.69 Å². The van der Waals surface area contributed by atoms with Crippen LogP contribution in [0.5, 0.6) is 0 Å². The largest absolute Gasteiger partial charge is 0.441 e. The topological polar surface area (TPSA) is 87.9 Å². The number of nitrogens with zero attached hydrogens (tertiary/aromatic N) is 3. The molecule has 2 aliphatic rings. The molecule has 0 spiro atoms. The Balaban J connectivity index is 1.32. The molecule has 0 radical (unpaired) electrons. The molecule has 27 heavy (non-hydrogen) atoms. The summed E-state index contributed by atoms with van der Waals surface area (Å²) in [6.07, 6.45) is 0.263. The summed E-state index contributed by atoms with van der Waals surface area (Å²) in [4.78, 5) is 33.2. The predicted molar refractivity (Wildman–Crippen MR) is 99.3 cm³/mol. The van der Waals surface area contributed by atoms with E-state index in [1.165, 1.54) is 0 Å². The number of hydrogen-bond donors (Lipinski definition) is 1. The number of benzene rings is 1. The maximum atomic E-state index is 12.6. The summed E-state index contributed by atoms with van der Waals surface area (Å²) in [6.45, 7) is 7.02. The van der Waals surface area contributed by atoms with E-state index in [-0.39, 0.29) is 24.2 Å². The van der Waals surface area contributed by atoms with Gasteiger partial charge in [-0.2, -0.15) is 0 Å². The number of amides is 2. The molecule has 1 aromatic carbocycles. The average molecular weight is 372 g/mol. The van der Waals surface area contributed by atoms with Gasteiger partial charge < -0.3 is 19.4 Å². The Kier molecular flexibility index (Phi) is 5.09. The summed E-state index contributed by atoms with van der Waals surface area (Å²) in [5.41, 5.74) is 2.05. The van der Waals surface area contributed by atoms with Gasteiger partial charge in [-0.05, 0) is 12.1 Å². The number of morpholine rings is 1. The van der Waals surface area contributed by atoms with Gasteiger partial charge in [0.25, 0.3) is 0 Å². The van der Waals surface area contributed by atoms with E-state index in [1.807, 2.05) is 6.07 Å². The fourth-order valence-corrected chi connectivity index (χ4v) is 3.61. The van der Waals surface area contributed by atoms with Gasteiger partial charge in [-0.3, -0.25) is 14.5 Å². The minimum Gasteiger partial charge on any atom is -0.441 e. The first-order valence-electron chi connectivity index (χ1n) is 9.34. The zero-order chi connectivity index (χ0) is 18.8. The lowest BCUT2D eigenvalue weighted by Gasteiger charge is -2.28. The molecule has 0 bridgehead atoms. The molecule has 3 heterocycles. The third kappa shape index (κ3) is 4.12. The van der Waals surface area contributed by atoms with E-state index in [1.54, 1.807) is 24.0 Å². The molecule has 1 unspecified atom stereocenters. The molecule has 2 fully saturated rings. The molecule has 144 valence electrons. The van der Waals surface area contributed by atoms with Crippen molar-refractivity contribution in [3.8, 4) is 0 Å². The monoisotopic (exact) mass is 372 g/mol. The van der Waals surface area contributed by atoms with Crippen LogP contribution in [0.25, 0.3) is 11.1 Å². The summed E-state index contributed by atoms with van der Waals surface area (Å²) in [5.74, 6) is 0.178. The van der Waals surface area contributed by atoms with Crippen LogP contribution in [0.1, 0.15) is 12.3 Å². The first kappa shape index (κ1) is 17.9. The Labute approximate surface area is 157 Å². The van der Waals surface area contributed by atoms with Crippen LogP contribution in [0.15, 0.2) is 22.6 Å². The smallest absolute Gasteiger partial charge is 0.229 e. The van der Waals surface area contributed by atoms with Gasteiger partial charge in [-0.15, -0.1) is 0 Å². The van der Waals surface area contributed by atoms with Gasteiger partial charge in [0, 0.05) is 57.8 Å². The van der Waals surface area contributed by atoms with Crippen LogP contribution >= 0.6 is 0 Å². The van der Waals surface area contributed by atoms with Gasteiger partial charge in [0.05, 0.1) is 19.1 Å². The second-order valence-electron chi connectivity index (χ2n) is 7.10. The van der Waals surface area contributed by atoms with Gasteiger partial charge >= 0.3 is 0 Å². The number of likely N-dealkylation sites (tertiary alicyclic amines) is 1. The lowest BCUT2D eigenvalue weighted by Crippen LogP contribution is -2.42. The van der Waals surface area contributed by atoms with E-state index in [9.17, 15) is 9.59 Å². The molecule has 1 N–H and O–H groups in total. The Hall–Kier alpha value is -2.45. The second kappa shape index (κ2) is 7.66. The highest BCUT2D eigenvalue weighted by atomic mass is 16.5. The van der Waals surface area contributed by atoms with Crippen LogP contribution in [-0.4, -0.2) is 72.5 Å². The Morgan fingerprint density at radius 3 is 2.93 bits per heavy atom. The van der Waals surface area contributed by atoms with E-state index < -0.39 is 0 Å². The second-order valence-corrected chi connectivity index (χ2v) is 7.10. The van der Waals surface area contributed by atoms with Crippen molar-refractivity contribution in [1.82, 2.24) is 14.8 Å². The number of ether oxygens (including phenoxy) is 1. The molecule has 0 saturated carbocycles. The van der Waals surface area contributed by atoms with Gasteiger partial charge in [0.15, 0.2) is 11.5 Å². The normalized spacial score (nSPS) is 21.1. The zero-order valence-corrected chi connectivity index (χ0v) is 15.4. The molecule has 8 nitrogen and oxygen atoms in total. The summed E-state index contributed by atoms with van der Waals surface area (Å²) in [6, 6.07) is 5.38. The summed E-state index contributed by atoms with van der Waals surface area (Å²) >= 11 is 0. The van der Waals surface area contributed by atoms with Crippen molar-refractivity contribution in [2.75, 3.05) is 51.3 Å². The van der Waals surface area contributed by atoms with Crippen molar-refractivity contribution in [1.29, 1.82) is 0 Å². The highest BCUT2D eigenvalue weighted by molar-refractivity contribution is 5.98. The highest BCUT2D eigenvalue weighted by Gasteiger charge is 2.34. The molecule has 1 atom stereocenters. The molecular weight excluding hydrogens is 348 g/mol. The van der Waals surface area contributed by atoms with Crippen LogP contribution in [0.3, 0.4) is 0 Å². The SMILES string of the molecule is Cc1nc2ccc(NC(=O)C3CC(=O)N(CCN4CCOCC4)C3)cc2o1. The van der Waals surface area contributed by atoms with Crippen LogP contribution < -0.4 is 5.32 Å². The number of aromatic nitrogens is 1. The minimum absolute atomic E-state index is 0.0460. The third-order valence-electron chi connectivity index (χ3n) is 5.14. The van der Waals surface area contributed by atoms with Gasteiger partial charge in [0.1, 0.15) is 5.52 Å². The number of carbonyl (C=O) groups excluding carboxylic acids is 2. The van der Waals surface area contributed by atoms with Gasteiger partial charge in [-0.25, -0.2) is 4.98 Å². The van der Waals surface area contributed by atoms with Crippen molar-refractivity contribution in [2.24, 2.45) is 5.92 Å². The number of fused-ring (bicyclic) bond motifs is 1. The number of oxazole rings is 1.